The Morgan fingerprint density at radius 1 is 1.09 bits per heavy atom. The van der Waals surface area contributed by atoms with Crippen molar-refractivity contribution in [1.82, 2.24) is 19.5 Å². The van der Waals surface area contributed by atoms with Gasteiger partial charge in [0.25, 0.3) is 11.8 Å². The Balaban J connectivity index is 1.27. The van der Waals surface area contributed by atoms with E-state index in [0.717, 1.165) is 18.9 Å². The van der Waals surface area contributed by atoms with Gasteiger partial charge in [0.05, 0.1) is 11.2 Å². The fourth-order valence-corrected chi connectivity index (χ4v) is 6.06. The SMILES string of the molecule is O=C(COc1ccccc1)N[C@@H]1C(=O)N(S(=O)(=O)O)[C@@H]1OC(=O)c1cn(C2CC2)c2cc(N3CCNCC3)c(F)cc2c1=O. The number of hydrogen-bond donors (Lipinski definition) is 3. The van der Waals surface area contributed by atoms with E-state index in [0.29, 0.717) is 43.1 Å². The van der Waals surface area contributed by atoms with Gasteiger partial charge in [0.2, 0.25) is 11.7 Å². The van der Waals surface area contributed by atoms with Crippen molar-refractivity contribution in [2.45, 2.75) is 31.2 Å². The van der Waals surface area contributed by atoms with Crippen molar-refractivity contribution in [3.8, 4) is 5.75 Å². The van der Waals surface area contributed by atoms with Crippen molar-refractivity contribution < 1.29 is 41.2 Å². The van der Waals surface area contributed by atoms with Crippen LogP contribution in [0.3, 0.4) is 0 Å². The van der Waals surface area contributed by atoms with E-state index < -0.39 is 63.8 Å². The van der Waals surface area contributed by atoms with Crippen molar-refractivity contribution >= 4 is 44.7 Å². The highest BCUT2D eigenvalue weighted by Crippen LogP contribution is 2.38. The molecule has 14 nitrogen and oxygen atoms in total. The second kappa shape index (κ2) is 11.5. The number of carbonyl (C=O) groups is 3. The number of fused-ring (bicyclic) bond motifs is 1. The lowest BCUT2D eigenvalue weighted by Crippen LogP contribution is -2.73. The summed E-state index contributed by atoms with van der Waals surface area (Å²) in [4.78, 5) is 53.7. The molecule has 3 aromatic rings. The summed E-state index contributed by atoms with van der Waals surface area (Å²) in [6.07, 6.45) is 0.769. The van der Waals surface area contributed by atoms with Crippen molar-refractivity contribution in [3.63, 3.8) is 0 Å². The summed E-state index contributed by atoms with van der Waals surface area (Å²) in [6.45, 7) is 1.92. The molecule has 2 amide bonds. The Morgan fingerprint density at radius 3 is 2.45 bits per heavy atom. The predicted octanol–water partition coefficient (Wildman–Crippen LogP) is 0.577. The first-order chi connectivity index (χ1) is 21.0. The zero-order chi connectivity index (χ0) is 31.2. The number of rotatable bonds is 9. The largest absolute Gasteiger partial charge is 0.484 e. The van der Waals surface area contributed by atoms with Gasteiger partial charge in [-0.1, -0.05) is 18.2 Å². The number of carbonyl (C=O) groups excluding carboxylic acids is 3. The monoisotopic (exact) mass is 629 g/mol. The second-order valence-corrected chi connectivity index (χ2v) is 11.9. The lowest BCUT2D eigenvalue weighted by molar-refractivity contribution is -0.162. The molecule has 0 radical (unpaired) electrons. The molecule has 2 saturated heterocycles. The molecule has 2 aromatic carbocycles. The molecule has 232 valence electrons. The van der Waals surface area contributed by atoms with Crippen LogP contribution >= 0.6 is 0 Å². The van der Waals surface area contributed by atoms with Crippen LogP contribution in [0.25, 0.3) is 10.9 Å². The molecule has 3 heterocycles. The molecule has 2 atom stereocenters. The standard InChI is InChI=1S/C28H28FN5O9S/c29-20-12-18-21(13-22(20)32-10-8-30-9-11-32)33(16-6-7-16)14-19(25(18)36)28(38)43-27-24(26(37)34(27)44(39,40)41)31-23(35)15-42-17-4-2-1-3-5-17/h1-5,12-14,16,24,27,30H,6-11,15H2,(H,31,35)(H,39,40,41)/t24-,27-/m1/s1. The Bertz CT molecular complexity index is 1810. The summed E-state index contributed by atoms with van der Waals surface area (Å²) in [7, 11) is -5.21. The van der Waals surface area contributed by atoms with Crippen molar-refractivity contribution in [2.24, 2.45) is 0 Å². The van der Waals surface area contributed by atoms with E-state index in [9.17, 15) is 32.1 Å². The van der Waals surface area contributed by atoms with Crippen LogP contribution in [-0.4, -0.2) is 84.7 Å². The lowest BCUT2D eigenvalue weighted by Gasteiger charge is -2.42. The number of para-hydroxylation sites is 1. The molecule has 1 aromatic heterocycles. The number of halogens is 1. The molecule has 44 heavy (non-hydrogen) atoms. The van der Waals surface area contributed by atoms with Gasteiger partial charge in [0, 0.05) is 43.8 Å². The van der Waals surface area contributed by atoms with Gasteiger partial charge < -0.3 is 29.6 Å². The van der Waals surface area contributed by atoms with Crippen molar-refractivity contribution in [1.29, 1.82) is 0 Å². The molecular weight excluding hydrogens is 601 g/mol. The van der Waals surface area contributed by atoms with Gasteiger partial charge in [0.1, 0.15) is 17.1 Å². The number of nitrogens with zero attached hydrogens (tertiary/aromatic N) is 3. The number of pyridine rings is 1. The number of aromatic nitrogens is 1. The molecule has 3 fully saturated rings. The minimum absolute atomic E-state index is 0.0674. The van der Waals surface area contributed by atoms with Crippen LogP contribution in [0.2, 0.25) is 0 Å². The fourth-order valence-electron chi connectivity index (χ4n) is 5.29. The van der Waals surface area contributed by atoms with E-state index in [1.807, 2.05) is 4.90 Å². The maximum absolute atomic E-state index is 15.3. The number of esters is 1. The van der Waals surface area contributed by atoms with Crippen molar-refractivity contribution in [2.75, 3.05) is 37.7 Å². The molecule has 6 rings (SSSR count). The molecule has 1 saturated carbocycles. The number of hydrogen-bond acceptors (Lipinski definition) is 10. The number of piperazine rings is 1. The van der Waals surface area contributed by atoms with Crippen LogP contribution in [0.15, 0.2) is 53.5 Å². The van der Waals surface area contributed by atoms with E-state index in [-0.39, 0.29) is 15.7 Å². The number of β-lactam (4-membered cyclic amide) rings is 1. The van der Waals surface area contributed by atoms with Crippen LogP contribution in [0, 0.1) is 5.82 Å². The predicted molar refractivity (Wildman–Crippen MR) is 153 cm³/mol. The lowest BCUT2D eigenvalue weighted by atomic mass is 10.1. The van der Waals surface area contributed by atoms with Crippen LogP contribution in [-0.2, 0) is 24.6 Å². The zero-order valence-electron chi connectivity index (χ0n) is 23.1. The van der Waals surface area contributed by atoms with E-state index in [2.05, 4.69) is 10.6 Å². The summed E-state index contributed by atoms with van der Waals surface area (Å²) in [5.74, 6) is -3.74. The third-order valence-corrected chi connectivity index (χ3v) is 8.51. The number of anilines is 1. The molecule has 1 aliphatic carbocycles. The van der Waals surface area contributed by atoms with Crippen LogP contribution in [0.4, 0.5) is 10.1 Å². The van der Waals surface area contributed by atoms with Crippen LogP contribution < -0.4 is 25.7 Å². The van der Waals surface area contributed by atoms with E-state index in [1.54, 1.807) is 41.0 Å². The normalized spacial score (nSPS) is 20.3. The Labute approximate surface area is 250 Å². The van der Waals surface area contributed by atoms with Gasteiger partial charge in [-0.2, -0.15) is 12.7 Å². The summed E-state index contributed by atoms with van der Waals surface area (Å²) in [5, 5.41) is 5.34. The van der Waals surface area contributed by atoms with Gasteiger partial charge >= 0.3 is 16.3 Å². The van der Waals surface area contributed by atoms with Gasteiger partial charge in [-0.3, -0.25) is 18.9 Å². The maximum Gasteiger partial charge on any atom is 0.365 e. The fraction of sp³-hybridized carbons (Fsp3) is 0.357. The molecule has 0 spiro atoms. The summed E-state index contributed by atoms with van der Waals surface area (Å²) in [5.41, 5.74) is -0.653. The first-order valence-electron chi connectivity index (χ1n) is 13.9. The molecule has 16 heteroatoms. The highest BCUT2D eigenvalue weighted by Gasteiger charge is 2.57. The molecule has 0 unspecified atom stereocenters. The summed E-state index contributed by atoms with van der Waals surface area (Å²) in [6, 6.07) is 9.14. The van der Waals surface area contributed by atoms with Crippen LogP contribution in [0.1, 0.15) is 29.2 Å². The zero-order valence-corrected chi connectivity index (χ0v) is 24.0. The Morgan fingerprint density at radius 2 is 1.80 bits per heavy atom. The van der Waals surface area contributed by atoms with Gasteiger partial charge in [-0.25, -0.2) is 9.18 Å². The van der Waals surface area contributed by atoms with Gasteiger partial charge in [0.15, 0.2) is 12.6 Å². The number of ether oxygens (including phenoxy) is 2. The average Bonchev–Trinajstić information content (AvgIpc) is 3.84. The van der Waals surface area contributed by atoms with Crippen molar-refractivity contribution in [3.05, 3.63) is 70.3 Å². The topological polar surface area (TPSA) is 177 Å². The Kier molecular flexibility index (Phi) is 7.73. The summed E-state index contributed by atoms with van der Waals surface area (Å²) >= 11 is 0. The van der Waals surface area contributed by atoms with Gasteiger partial charge in [-0.05, 0) is 37.1 Å². The number of benzene rings is 2. The van der Waals surface area contributed by atoms with E-state index in [1.165, 1.54) is 6.20 Å². The Hall–Kier alpha value is -4.54. The molecule has 0 bridgehead atoms. The average molecular weight is 630 g/mol. The molecule has 3 aliphatic rings. The summed E-state index contributed by atoms with van der Waals surface area (Å²) < 4.78 is 60.8. The quantitative estimate of drug-likeness (QED) is 0.171. The highest BCUT2D eigenvalue weighted by atomic mass is 32.2. The molecule has 3 N–H and O–H groups in total. The number of amides is 2. The van der Waals surface area contributed by atoms with Crippen LogP contribution in [0.5, 0.6) is 5.75 Å². The maximum atomic E-state index is 15.3. The first-order valence-corrected chi connectivity index (χ1v) is 15.3. The van der Waals surface area contributed by atoms with E-state index >= 15 is 4.39 Å². The minimum atomic E-state index is -5.21. The third kappa shape index (κ3) is 5.70. The minimum Gasteiger partial charge on any atom is -0.484 e. The second-order valence-electron chi connectivity index (χ2n) is 10.6. The highest BCUT2D eigenvalue weighted by molar-refractivity contribution is 7.84. The van der Waals surface area contributed by atoms with E-state index in [4.69, 9.17) is 9.47 Å². The third-order valence-electron chi connectivity index (χ3n) is 7.62. The molecule has 2 aliphatic heterocycles. The number of nitrogens with one attached hydrogen (secondary N) is 2. The smallest absolute Gasteiger partial charge is 0.365 e. The van der Waals surface area contributed by atoms with Gasteiger partial charge in [-0.15, -0.1) is 0 Å². The molecular formula is C28H28FN5O9S. The first kappa shape index (κ1) is 29.5.